The van der Waals surface area contributed by atoms with Gasteiger partial charge in [-0.15, -0.1) is 0 Å². The zero-order valence-corrected chi connectivity index (χ0v) is 12.3. The number of anilines is 1. The fourth-order valence-corrected chi connectivity index (χ4v) is 2.06. The van der Waals surface area contributed by atoms with Crippen LogP contribution in [-0.4, -0.2) is 24.5 Å². The van der Waals surface area contributed by atoms with Crippen LogP contribution in [0, 0.1) is 6.92 Å². The van der Waals surface area contributed by atoms with Gasteiger partial charge in [-0.3, -0.25) is 4.79 Å². The molecule has 0 spiro atoms. The van der Waals surface area contributed by atoms with Crippen LogP contribution in [0.25, 0.3) is 0 Å². The Labute approximate surface area is 112 Å². The molecular formula is C11H13Br2NO2. The van der Waals surface area contributed by atoms with Crippen molar-refractivity contribution < 1.29 is 9.53 Å². The lowest BCUT2D eigenvalue weighted by Crippen LogP contribution is -2.24. The summed E-state index contributed by atoms with van der Waals surface area (Å²) in [6.45, 7) is 2.50. The Bertz CT molecular complexity index is 382. The van der Waals surface area contributed by atoms with Crippen molar-refractivity contribution in [3.63, 3.8) is 0 Å². The summed E-state index contributed by atoms with van der Waals surface area (Å²) in [5, 5.41) is 3.19. The number of carbonyl (C=O) groups excluding carboxylic acids is 1. The van der Waals surface area contributed by atoms with Crippen LogP contribution in [0.5, 0.6) is 0 Å². The second-order valence-electron chi connectivity index (χ2n) is 3.33. The molecule has 16 heavy (non-hydrogen) atoms. The molecule has 0 aliphatic rings. The van der Waals surface area contributed by atoms with E-state index < -0.39 is 0 Å². The van der Waals surface area contributed by atoms with Crippen molar-refractivity contribution in [2.75, 3.05) is 19.0 Å². The molecule has 0 aliphatic carbocycles. The van der Waals surface area contributed by atoms with Gasteiger partial charge in [0, 0.05) is 16.7 Å². The highest BCUT2D eigenvalue weighted by atomic mass is 79.9. The summed E-state index contributed by atoms with van der Waals surface area (Å²) in [5.41, 5.74) is 2.13. The number of carbonyl (C=O) groups is 1. The molecule has 0 bridgehead atoms. The van der Waals surface area contributed by atoms with Crippen molar-refractivity contribution in [2.24, 2.45) is 0 Å². The van der Waals surface area contributed by atoms with Crippen molar-refractivity contribution in [3.8, 4) is 0 Å². The molecule has 5 heteroatoms. The maximum Gasteiger partial charge on any atom is 0.321 e. The summed E-state index contributed by atoms with van der Waals surface area (Å²) >= 11 is 6.65. The number of hydrogen-bond donors (Lipinski definition) is 1. The van der Waals surface area contributed by atoms with Crippen molar-refractivity contribution in [1.29, 1.82) is 0 Å². The molecule has 1 atom stereocenters. The van der Waals surface area contributed by atoms with Crippen LogP contribution in [0.4, 0.5) is 5.69 Å². The molecule has 1 unspecified atom stereocenters. The quantitative estimate of drug-likeness (QED) is 0.669. The van der Waals surface area contributed by atoms with Crippen molar-refractivity contribution >= 4 is 43.5 Å². The minimum Gasteiger partial charge on any atom is -0.468 e. The Morgan fingerprint density at radius 1 is 1.56 bits per heavy atom. The van der Waals surface area contributed by atoms with Crippen LogP contribution in [-0.2, 0) is 9.53 Å². The number of ether oxygens (including phenoxy) is 1. The molecule has 88 valence electrons. The van der Waals surface area contributed by atoms with E-state index in [1.807, 2.05) is 25.1 Å². The first-order chi connectivity index (χ1) is 7.54. The first-order valence-electron chi connectivity index (χ1n) is 4.76. The molecule has 1 N–H and O–H groups in total. The van der Waals surface area contributed by atoms with Gasteiger partial charge in [-0.2, -0.15) is 0 Å². The maximum atomic E-state index is 11.2. The summed E-state index contributed by atoms with van der Waals surface area (Å²) in [4.78, 5) is 10.8. The highest BCUT2D eigenvalue weighted by molar-refractivity contribution is 9.10. The number of aryl methyl sites for hydroxylation is 1. The molecule has 0 heterocycles. The zero-order chi connectivity index (χ0) is 12.1. The lowest BCUT2D eigenvalue weighted by molar-refractivity contribution is -0.139. The van der Waals surface area contributed by atoms with Crippen molar-refractivity contribution in [2.45, 2.75) is 11.8 Å². The summed E-state index contributed by atoms with van der Waals surface area (Å²) in [5.74, 6) is -0.276. The second-order valence-corrected chi connectivity index (χ2v) is 5.35. The fourth-order valence-electron chi connectivity index (χ4n) is 1.24. The number of methoxy groups -OCH3 is 1. The third kappa shape index (κ3) is 3.79. The average Bonchev–Trinajstić information content (AvgIpc) is 2.26. The molecule has 3 nitrogen and oxygen atoms in total. The van der Waals surface area contributed by atoms with Gasteiger partial charge in [0.05, 0.1) is 7.11 Å². The standard InChI is InChI=1S/C11H13Br2NO2/c1-7-5-8(12)3-4-10(7)14-6-9(13)11(15)16-2/h3-5,9,14H,6H2,1-2H3. The lowest BCUT2D eigenvalue weighted by Gasteiger charge is -2.12. The Hall–Kier alpha value is -0.550. The van der Waals surface area contributed by atoms with E-state index in [1.165, 1.54) is 7.11 Å². The van der Waals surface area contributed by atoms with Gasteiger partial charge >= 0.3 is 5.97 Å². The zero-order valence-electron chi connectivity index (χ0n) is 9.09. The molecule has 0 amide bonds. The molecule has 0 aliphatic heterocycles. The van der Waals surface area contributed by atoms with Crippen LogP contribution in [0.3, 0.4) is 0 Å². The van der Waals surface area contributed by atoms with Gasteiger partial charge in [0.15, 0.2) is 0 Å². The van der Waals surface area contributed by atoms with E-state index in [-0.39, 0.29) is 10.8 Å². The van der Waals surface area contributed by atoms with E-state index in [4.69, 9.17) is 0 Å². The van der Waals surface area contributed by atoms with Gasteiger partial charge in [0.1, 0.15) is 4.83 Å². The Morgan fingerprint density at radius 2 is 2.25 bits per heavy atom. The van der Waals surface area contributed by atoms with Gasteiger partial charge in [-0.25, -0.2) is 0 Å². The summed E-state index contributed by atoms with van der Waals surface area (Å²) < 4.78 is 5.66. The Morgan fingerprint density at radius 3 is 2.81 bits per heavy atom. The van der Waals surface area contributed by atoms with E-state index >= 15 is 0 Å². The van der Waals surface area contributed by atoms with Crippen LogP contribution in [0.1, 0.15) is 5.56 Å². The van der Waals surface area contributed by atoms with E-state index in [9.17, 15) is 4.79 Å². The molecule has 0 radical (unpaired) electrons. The van der Waals surface area contributed by atoms with Gasteiger partial charge in [0.25, 0.3) is 0 Å². The fraction of sp³-hybridized carbons (Fsp3) is 0.364. The first kappa shape index (κ1) is 13.5. The molecule has 1 aromatic carbocycles. The molecule has 0 saturated heterocycles. The maximum absolute atomic E-state index is 11.2. The summed E-state index contributed by atoms with van der Waals surface area (Å²) in [6.07, 6.45) is 0. The topological polar surface area (TPSA) is 38.3 Å². The van der Waals surface area contributed by atoms with E-state index in [2.05, 4.69) is 41.9 Å². The van der Waals surface area contributed by atoms with Gasteiger partial charge in [-0.05, 0) is 30.7 Å². The lowest BCUT2D eigenvalue weighted by atomic mass is 10.2. The highest BCUT2D eigenvalue weighted by Crippen LogP contribution is 2.20. The number of benzene rings is 1. The van der Waals surface area contributed by atoms with Crippen LogP contribution < -0.4 is 5.32 Å². The highest BCUT2D eigenvalue weighted by Gasteiger charge is 2.14. The molecule has 1 rings (SSSR count). The predicted molar refractivity (Wildman–Crippen MR) is 72.1 cm³/mol. The third-order valence-corrected chi connectivity index (χ3v) is 3.31. The summed E-state index contributed by atoms with van der Waals surface area (Å²) in [6, 6.07) is 5.94. The average molecular weight is 351 g/mol. The first-order valence-corrected chi connectivity index (χ1v) is 6.47. The largest absolute Gasteiger partial charge is 0.468 e. The van der Waals surface area contributed by atoms with Gasteiger partial charge in [-0.1, -0.05) is 31.9 Å². The van der Waals surface area contributed by atoms with Crippen LogP contribution in [0.2, 0.25) is 0 Å². The predicted octanol–water partition coefficient (Wildman–Crippen LogP) is 3.11. The number of esters is 1. The number of hydrogen-bond acceptors (Lipinski definition) is 3. The number of alkyl halides is 1. The van der Waals surface area contributed by atoms with E-state index in [1.54, 1.807) is 0 Å². The SMILES string of the molecule is COC(=O)C(Br)CNc1ccc(Br)cc1C. The van der Waals surface area contributed by atoms with Crippen LogP contribution in [0.15, 0.2) is 22.7 Å². The van der Waals surface area contributed by atoms with Gasteiger partial charge in [0.2, 0.25) is 0 Å². The van der Waals surface area contributed by atoms with Crippen LogP contribution >= 0.6 is 31.9 Å². The molecule has 1 aromatic rings. The minimum atomic E-state index is -0.333. The third-order valence-electron chi connectivity index (χ3n) is 2.12. The number of halogens is 2. The minimum absolute atomic E-state index is 0.276. The van der Waals surface area contributed by atoms with Crippen molar-refractivity contribution in [1.82, 2.24) is 0 Å². The molecule has 0 saturated carbocycles. The number of rotatable bonds is 4. The Kier molecular flexibility index (Phi) is 5.28. The Balaban J connectivity index is 2.58. The molecule has 0 aromatic heterocycles. The van der Waals surface area contributed by atoms with E-state index in [0.29, 0.717) is 6.54 Å². The van der Waals surface area contributed by atoms with E-state index in [0.717, 1.165) is 15.7 Å². The van der Waals surface area contributed by atoms with Crippen molar-refractivity contribution in [3.05, 3.63) is 28.2 Å². The van der Waals surface area contributed by atoms with Gasteiger partial charge < -0.3 is 10.1 Å². The summed E-state index contributed by atoms with van der Waals surface area (Å²) in [7, 11) is 1.38. The molecule has 0 fully saturated rings. The smallest absolute Gasteiger partial charge is 0.321 e. The normalized spacial score (nSPS) is 12.0. The molecular weight excluding hydrogens is 338 g/mol. The second kappa shape index (κ2) is 6.25. The number of nitrogens with one attached hydrogen (secondary N) is 1. The monoisotopic (exact) mass is 349 g/mol.